The summed E-state index contributed by atoms with van der Waals surface area (Å²) in [5.74, 6) is -0.840. The fourth-order valence-corrected chi connectivity index (χ4v) is 2.35. The number of rotatable bonds is 8. The van der Waals surface area contributed by atoms with Crippen LogP contribution in [0, 0.1) is 6.92 Å². The van der Waals surface area contributed by atoms with Crippen LogP contribution in [0.15, 0.2) is 18.2 Å². The van der Waals surface area contributed by atoms with Crippen LogP contribution >= 0.6 is 0 Å². The SMILES string of the molecule is Cc1cc(OCC(=O)O)ccc1NC(=O)C(C)OCC1CCCO1. The fraction of sp³-hybridized carbons (Fsp3) is 0.529. The van der Waals surface area contributed by atoms with Crippen molar-refractivity contribution in [1.29, 1.82) is 0 Å². The highest BCUT2D eigenvalue weighted by molar-refractivity contribution is 5.94. The Labute approximate surface area is 140 Å². The average molecular weight is 337 g/mol. The van der Waals surface area contributed by atoms with E-state index in [0.717, 1.165) is 25.0 Å². The van der Waals surface area contributed by atoms with Crippen LogP contribution in [-0.4, -0.2) is 49.0 Å². The molecule has 1 aromatic carbocycles. The minimum Gasteiger partial charge on any atom is -0.482 e. The van der Waals surface area contributed by atoms with E-state index >= 15 is 0 Å². The summed E-state index contributed by atoms with van der Waals surface area (Å²) >= 11 is 0. The lowest BCUT2D eigenvalue weighted by Gasteiger charge is -2.17. The molecule has 2 atom stereocenters. The van der Waals surface area contributed by atoms with Gasteiger partial charge in [0.1, 0.15) is 11.9 Å². The van der Waals surface area contributed by atoms with Crippen molar-refractivity contribution in [3.8, 4) is 5.75 Å². The largest absolute Gasteiger partial charge is 0.482 e. The van der Waals surface area contributed by atoms with E-state index in [1.165, 1.54) is 0 Å². The van der Waals surface area contributed by atoms with Gasteiger partial charge in [0.15, 0.2) is 6.61 Å². The molecule has 1 aliphatic heterocycles. The normalized spacial score (nSPS) is 18.2. The Balaban J connectivity index is 1.84. The van der Waals surface area contributed by atoms with Crippen molar-refractivity contribution in [1.82, 2.24) is 0 Å². The molecule has 7 nitrogen and oxygen atoms in total. The van der Waals surface area contributed by atoms with Gasteiger partial charge in [0.2, 0.25) is 0 Å². The summed E-state index contributed by atoms with van der Waals surface area (Å²) < 4.78 is 16.1. The van der Waals surface area contributed by atoms with E-state index in [1.54, 1.807) is 32.0 Å². The molecule has 24 heavy (non-hydrogen) atoms. The summed E-state index contributed by atoms with van der Waals surface area (Å²) in [5.41, 5.74) is 1.41. The molecule has 2 rings (SSSR count). The Morgan fingerprint density at radius 3 is 2.88 bits per heavy atom. The number of amides is 1. The summed E-state index contributed by atoms with van der Waals surface area (Å²) in [7, 11) is 0. The maximum atomic E-state index is 12.2. The minimum absolute atomic E-state index is 0.0765. The second-order valence-electron chi connectivity index (χ2n) is 5.76. The molecule has 132 valence electrons. The van der Waals surface area contributed by atoms with Crippen LogP contribution in [0.2, 0.25) is 0 Å². The molecule has 2 unspecified atom stereocenters. The molecule has 1 fully saturated rings. The number of carbonyl (C=O) groups excluding carboxylic acids is 1. The van der Waals surface area contributed by atoms with E-state index in [2.05, 4.69) is 5.32 Å². The van der Waals surface area contributed by atoms with Crippen molar-refractivity contribution < 1.29 is 28.9 Å². The minimum atomic E-state index is -1.04. The molecule has 1 saturated heterocycles. The van der Waals surface area contributed by atoms with Crippen LogP contribution in [-0.2, 0) is 19.1 Å². The van der Waals surface area contributed by atoms with Gasteiger partial charge in [-0.15, -0.1) is 0 Å². The number of hydrogen-bond donors (Lipinski definition) is 2. The number of ether oxygens (including phenoxy) is 3. The van der Waals surface area contributed by atoms with Gasteiger partial charge >= 0.3 is 5.97 Å². The molecular formula is C17H23NO6. The lowest BCUT2D eigenvalue weighted by Crippen LogP contribution is -2.30. The lowest BCUT2D eigenvalue weighted by molar-refractivity contribution is -0.139. The third-order valence-electron chi connectivity index (χ3n) is 3.74. The Hall–Kier alpha value is -2.12. The van der Waals surface area contributed by atoms with Crippen molar-refractivity contribution in [2.45, 2.75) is 38.9 Å². The highest BCUT2D eigenvalue weighted by atomic mass is 16.5. The van der Waals surface area contributed by atoms with Gasteiger partial charge in [0, 0.05) is 12.3 Å². The Morgan fingerprint density at radius 2 is 2.25 bits per heavy atom. The number of aliphatic carboxylic acids is 1. The first-order valence-corrected chi connectivity index (χ1v) is 7.95. The number of carboxylic acids is 1. The van der Waals surface area contributed by atoms with Crippen molar-refractivity contribution in [2.24, 2.45) is 0 Å². The fourth-order valence-electron chi connectivity index (χ4n) is 2.35. The molecule has 1 heterocycles. The molecule has 2 N–H and O–H groups in total. The van der Waals surface area contributed by atoms with Crippen molar-refractivity contribution in [3.63, 3.8) is 0 Å². The summed E-state index contributed by atoms with van der Waals surface area (Å²) in [6.45, 7) is 4.27. The molecule has 0 saturated carbocycles. The van der Waals surface area contributed by atoms with E-state index in [0.29, 0.717) is 18.0 Å². The number of nitrogens with one attached hydrogen (secondary N) is 1. The third kappa shape index (κ3) is 5.50. The van der Waals surface area contributed by atoms with E-state index < -0.39 is 18.7 Å². The predicted molar refractivity (Wildman–Crippen MR) is 87.3 cm³/mol. The topological polar surface area (TPSA) is 94.1 Å². The molecule has 0 spiro atoms. The van der Waals surface area contributed by atoms with Crippen molar-refractivity contribution in [2.75, 3.05) is 25.1 Å². The highest BCUT2D eigenvalue weighted by Gasteiger charge is 2.20. The van der Waals surface area contributed by atoms with Gasteiger partial charge in [-0.05, 0) is 50.5 Å². The highest BCUT2D eigenvalue weighted by Crippen LogP contribution is 2.22. The number of anilines is 1. The van der Waals surface area contributed by atoms with Gasteiger partial charge in [-0.1, -0.05) is 0 Å². The Kier molecular flexibility index (Phi) is 6.57. The van der Waals surface area contributed by atoms with Gasteiger partial charge in [-0.3, -0.25) is 4.79 Å². The number of carbonyl (C=O) groups is 2. The van der Waals surface area contributed by atoms with Crippen LogP contribution in [0.4, 0.5) is 5.69 Å². The van der Waals surface area contributed by atoms with E-state index in [9.17, 15) is 9.59 Å². The molecule has 1 amide bonds. The lowest BCUT2D eigenvalue weighted by atomic mass is 10.2. The quantitative estimate of drug-likeness (QED) is 0.753. The van der Waals surface area contributed by atoms with Crippen LogP contribution in [0.25, 0.3) is 0 Å². The molecule has 7 heteroatoms. The van der Waals surface area contributed by atoms with E-state index in [1.807, 2.05) is 0 Å². The third-order valence-corrected chi connectivity index (χ3v) is 3.74. The molecule has 1 aliphatic rings. The number of benzene rings is 1. The number of carboxylic acid groups (broad SMARTS) is 1. The maximum Gasteiger partial charge on any atom is 0.341 e. The Morgan fingerprint density at radius 1 is 1.46 bits per heavy atom. The summed E-state index contributed by atoms with van der Waals surface area (Å²) in [5, 5.41) is 11.4. The second-order valence-corrected chi connectivity index (χ2v) is 5.76. The molecular weight excluding hydrogens is 314 g/mol. The smallest absolute Gasteiger partial charge is 0.341 e. The van der Waals surface area contributed by atoms with Crippen LogP contribution in [0.1, 0.15) is 25.3 Å². The monoisotopic (exact) mass is 337 g/mol. The molecule has 0 bridgehead atoms. The summed E-state index contributed by atoms with van der Waals surface area (Å²) in [6.07, 6.45) is 1.49. The zero-order valence-electron chi connectivity index (χ0n) is 13.9. The van der Waals surface area contributed by atoms with Gasteiger partial charge < -0.3 is 24.6 Å². The molecule has 1 aromatic rings. The first-order valence-electron chi connectivity index (χ1n) is 7.95. The molecule has 0 aliphatic carbocycles. The van der Waals surface area contributed by atoms with Crippen LogP contribution in [0.5, 0.6) is 5.75 Å². The summed E-state index contributed by atoms with van der Waals surface area (Å²) in [6, 6.07) is 4.97. The van der Waals surface area contributed by atoms with Crippen molar-refractivity contribution in [3.05, 3.63) is 23.8 Å². The average Bonchev–Trinajstić information content (AvgIpc) is 3.06. The standard InChI is InChI=1S/C17H23NO6/c1-11-8-13(24-10-16(19)20)5-6-15(11)18-17(21)12(2)23-9-14-4-3-7-22-14/h5-6,8,12,14H,3-4,7,9-10H2,1-2H3,(H,18,21)(H,19,20). The molecule has 0 radical (unpaired) electrons. The first-order chi connectivity index (χ1) is 11.5. The van der Waals surface area contributed by atoms with Crippen molar-refractivity contribution >= 4 is 17.6 Å². The van der Waals surface area contributed by atoms with Gasteiger partial charge in [0.05, 0.1) is 12.7 Å². The van der Waals surface area contributed by atoms with Crippen LogP contribution in [0.3, 0.4) is 0 Å². The van der Waals surface area contributed by atoms with Gasteiger partial charge in [0.25, 0.3) is 5.91 Å². The second kappa shape index (κ2) is 8.65. The van der Waals surface area contributed by atoms with Gasteiger partial charge in [-0.25, -0.2) is 4.79 Å². The predicted octanol–water partition coefficient (Wildman–Crippen LogP) is 1.98. The number of hydrogen-bond acceptors (Lipinski definition) is 5. The molecule has 0 aromatic heterocycles. The zero-order valence-corrected chi connectivity index (χ0v) is 13.9. The zero-order chi connectivity index (χ0) is 17.5. The van der Waals surface area contributed by atoms with E-state index in [4.69, 9.17) is 19.3 Å². The Bertz CT molecular complexity index is 582. The number of aryl methyl sites for hydroxylation is 1. The van der Waals surface area contributed by atoms with Crippen LogP contribution < -0.4 is 10.1 Å². The van der Waals surface area contributed by atoms with Gasteiger partial charge in [-0.2, -0.15) is 0 Å². The van der Waals surface area contributed by atoms with E-state index in [-0.39, 0.29) is 12.0 Å². The summed E-state index contributed by atoms with van der Waals surface area (Å²) in [4.78, 5) is 22.7. The maximum absolute atomic E-state index is 12.2. The first kappa shape index (κ1) is 18.2.